The maximum atomic E-state index is 5.12. The molecular formula is C88H61BrN8. The molecule has 18 aromatic rings. The zero-order valence-electron chi connectivity index (χ0n) is 52.6. The molecule has 0 bridgehead atoms. The molecule has 0 saturated heterocycles. The second-order valence-corrected chi connectivity index (χ2v) is 24.5. The fourth-order valence-corrected chi connectivity index (χ4v) is 13.2. The zero-order chi connectivity index (χ0) is 64.9. The molecule has 4 heterocycles. The Kier molecular flexibility index (Phi) is 16.4. The van der Waals surface area contributed by atoms with Crippen molar-refractivity contribution in [3.63, 3.8) is 0 Å². The molecule has 9 heteroatoms. The highest BCUT2D eigenvalue weighted by Crippen LogP contribution is 2.42. The van der Waals surface area contributed by atoms with E-state index < -0.39 is 0 Å². The molecule has 0 aliphatic rings. The number of halogens is 1. The molecule has 0 unspecified atom stereocenters. The van der Waals surface area contributed by atoms with Crippen LogP contribution in [0, 0.1) is 0 Å². The van der Waals surface area contributed by atoms with E-state index >= 15 is 0 Å². The molecule has 97 heavy (non-hydrogen) atoms. The molecule has 14 aromatic carbocycles. The van der Waals surface area contributed by atoms with Gasteiger partial charge in [0.25, 0.3) is 0 Å². The first-order valence-corrected chi connectivity index (χ1v) is 33.2. The molecule has 0 saturated carbocycles. The van der Waals surface area contributed by atoms with Crippen molar-refractivity contribution in [2.24, 2.45) is 0 Å². The molecule has 8 nitrogen and oxygen atoms in total. The minimum atomic E-state index is 0.868. The highest BCUT2D eigenvalue weighted by molar-refractivity contribution is 9.10. The molecule has 1 N–H and O–H groups in total. The van der Waals surface area contributed by atoms with Crippen molar-refractivity contribution < 1.29 is 0 Å². The SMILES string of the molecule is Brc1ccc(-c2nc3ccccc3nc2-c2ccccc2)cc1.c1ccc(-c2nc3ccccc3nc2-c2ccc(N(c3ccccc3)c3ccc4c(c3)c3ccccc3n4-c3ccccc3)cc2)cc1.c1ccc(Nc2ccc3c(c2)c2ccccc2n3-c2ccccc2)cc1. The number of hydrogen-bond donors (Lipinski definition) is 1. The first-order chi connectivity index (χ1) is 48.0. The first-order valence-electron chi connectivity index (χ1n) is 32.4. The van der Waals surface area contributed by atoms with Gasteiger partial charge in [-0.05, 0) is 146 Å². The van der Waals surface area contributed by atoms with Crippen LogP contribution in [0.2, 0.25) is 0 Å². The Labute approximate surface area is 570 Å². The lowest BCUT2D eigenvalue weighted by molar-refractivity contribution is 1.18. The Morgan fingerprint density at radius 3 is 1.04 bits per heavy atom. The molecule has 0 radical (unpaired) electrons. The average Bonchev–Trinajstić information content (AvgIpc) is 1.61. The molecule has 0 aliphatic heterocycles. The number of hydrogen-bond acceptors (Lipinski definition) is 6. The van der Waals surface area contributed by atoms with Crippen LogP contribution in [-0.4, -0.2) is 29.1 Å². The normalized spacial score (nSPS) is 11.1. The van der Waals surface area contributed by atoms with E-state index in [4.69, 9.17) is 19.9 Å². The fourth-order valence-electron chi connectivity index (χ4n) is 12.9. The second kappa shape index (κ2) is 26.8. The topological polar surface area (TPSA) is 76.7 Å². The number of anilines is 5. The van der Waals surface area contributed by atoms with E-state index in [9.17, 15) is 0 Å². The van der Waals surface area contributed by atoms with E-state index in [-0.39, 0.29) is 0 Å². The summed E-state index contributed by atoms with van der Waals surface area (Å²) >= 11 is 3.49. The van der Waals surface area contributed by atoms with E-state index in [2.05, 4.69) is 284 Å². The number of para-hydroxylation sites is 10. The average molecular weight is 1310 g/mol. The van der Waals surface area contributed by atoms with Crippen molar-refractivity contribution in [3.05, 3.63) is 368 Å². The van der Waals surface area contributed by atoms with E-state index in [1.54, 1.807) is 0 Å². The monoisotopic (exact) mass is 1310 g/mol. The number of benzene rings is 14. The van der Waals surface area contributed by atoms with Gasteiger partial charge in [0.1, 0.15) is 0 Å². The predicted molar refractivity (Wildman–Crippen MR) is 408 cm³/mol. The minimum absolute atomic E-state index is 0.868. The number of rotatable bonds is 11. The number of aromatic nitrogens is 6. The molecule has 0 amide bonds. The van der Waals surface area contributed by atoms with Crippen molar-refractivity contribution in [2.45, 2.75) is 0 Å². The summed E-state index contributed by atoms with van der Waals surface area (Å²) in [5.41, 5.74) is 23.9. The Morgan fingerprint density at radius 2 is 0.577 bits per heavy atom. The van der Waals surface area contributed by atoms with E-state index in [1.165, 1.54) is 49.3 Å². The van der Waals surface area contributed by atoms with Crippen molar-refractivity contribution >= 4 is 110 Å². The van der Waals surface area contributed by atoms with E-state index in [0.29, 0.717) is 0 Å². The smallest absolute Gasteiger partial charge is 0.0973 e. The van der Waals surface area contributed by atoms with E-state index in [0.717, 1.165) is 106 Å². The third-order valence-electron chi connectivity index (χ3n) is 17.4. The zero-order valence-corrected chi connectivity index (χ0v) is 54.2. The lowest BCUT2D eigenvalue weighted by atomic mass is 10.0. The maximum absolute atomic E-state index is 5.12. The van der Waals surface area contributed by atoms with Crippen molar-refractivity contribution in [1.29, 1.82) is 0 Å². The molecule has 18 rings (SSSR count). The Morgan fingerprint density at radius 1 is 0.247 bits per heavy atom. The van der Waals surface area contributed by atoms with Gasteiger partial charge in [0.15, 0.2) is 0 Å². The van der Waals surface area contributed by atoms with Gasteiger partial charge >= 0.3 is 0 Å². The van der Waals surface area contributed by atoms with Crippen LogP contribution in [0.25, 0.3) is 122 Å². The number of fused-ring (bicyclic) bond motifs is 8. The van der Waals surface area contributed by atoms with Crippen LogP contribution < -0.4 is 10.2 Å². The summed E-state index contributed by atoms with van der Waals surface area (Å²) in [7, 11) is 0. The van der Waals surface area contributed by atoms with Crippen LogP contribution in [0.15, 0.2) is 368 Å². The van der Waals surface area contributed by atoms with Gasteiger partial charge in [0, 0.05) is 88.1 Å². The van der Waals surface area contributed by atoms with E-state index in [1.807, 2.05) is 115 Å². The number of nitrogens with zero attached hydrogens (tertiary/aromatic N) is 7. The van der Waals surface area contributed by atoms with Crippen molar-refractivity contribution in [1.82, 2.24) is 29.1 Å². The van der Waals surface area contributed by atoms with Crippen LogP contribution in [0.3, 0.4) is 0 Å². The van der Waals surface area contributed by atoms with Gasteiger partial charge in [-0.1, -0.05) is 234 Å². The lowest BCUT2D eigenvalue weighted by Gasteiger charge is -2.26. The Bertz CT molecular complexity index is 5770. The van der Waals surface area contributed by atoms with Gasteiger partial charge in [0.05, 0.1) is 66.9 Å². The van der Waals surface area contributed by atoms with Gasteiger partial charge in [-0.15, -0.1) is 0 Å². The lowest BCUT2D eigenvalue weighted by Crippen LogP contribution is -2.09. The van der Waals surface area contributed by atoms with Crippen LogP contribution in [0.4, 0.5) is 28.4 Å². The van der Waals surface area contributed by atoms with Gasteiger partial charge in [0.2, 0.25) is 0 Å². The molecule has 0 spiro atoms. The molecule has 4 aromatic heterocycles. The predicted octanol–water partition coefficient (Wildman–Crippen LogP) is 23.8. The summed E-state index contributed by atoms with van der Waals surface area (Å²) in [5.74, 6) is 0. The highest BCUT2D eigenvalue weighted by atomic mass is 79.9. The van der Waals surface area contributed by atoms with Gasteiger partial charge < -0.3 is 19.4 Å². The third-order valence-corrected chi connectivity index (χ3v) is 18.0. The largest absolute Gasteiger partial charge is 0.356 e. The quantitative estimate of drug-likeness (QED) is 0.139. The maximum Gasteiger partial charge on any atom is 0.0973 e. The Balaban J connectivity index is 0.000000126. The summed E-state index contributed by atoms with van der Waals surface area (Å²) in [6.07, 6.45) is 0. The van der Waals surface area contributed by atoms with Crippen LogP contribution in [0.5, 0.6) is 0 Å². The second-order valence-electron chi connectivity index (χ2n) is 23.6. The summed E-state index contributed by atoms with van der Waals surface area (Å²) < 4.78 is 5.73. The first kappa shape index (κ1) is 59.5. The molecule has 0 fully saturated rings. The van der Waals surface area contributed by atoms with Crippen LogP contribution >= 0.6 is 15.9 Å². The molecular weight excluding hydrogens is 1250 g/mol. The summed E-state index contributed by atoms with van der Waals surface area (Å²) in [5, 5.41) is 8.46. The van der Waals surface area contributed by atoms with Crippen molar-refractivity contribution in [2.75, 3.05) is 10.2 Å². The van der Waals surface area contributed by atoms with Gasteiger partial charge in [-0.3, -0.25) is 0 Å². The van der Waals surface area contributed by atoms with Gasteiger partial charge in [-0.25, -0.2) is 19.9 Å². The van der Waals surface area contributed by atoms with Crippen molar-refractivity contribution in [3.8, 4) is 56.4 Å². The van der Waals surface area contributed by atoms with Gasteiger partial charge in [-0.2, -0.15) is 0 Å². The number of nitrogens with one attached hydrogen (secondary N) is 1. The Hall–Kier alpha value is -12.6. The standard InChI is InChI=1S/C44H30N4.C24H18N2.C20H13BrN2/c1-4-14-31(15-5-1)43-44(46-40-22-12-11-21-39(40)45-43)32-24-26-35(27-25-32)47(33-16-6-2-7-17-33)36-28-29-42-38(30-36)37-20-10-13-23-41(37)48(42)34-18-8-3-9-19-34;1-3-9-18(10-4-1)25-19-15-16-24-22(17-19)21-13-7-8-14-23(21)26(24)20-11-5-2-6-12-20;21-16-12-10-15(11-13-16)20-19(14-6-2-1-3-7-14)22-17-8-4-5-9-18(17)23-20/h1-30H;1-17,25H;1-13H. The minimum Gasteiger partial charge on any atom is -0.356 e. The summed E-state index contributed by atoms with van der Waals surface area (Å²) in [4.78, 5) is 22.3. The summed E-state index contributed by atoms with van der Waals surface area (Å²) in [6, 6.07) is 126. The summed E-state index contributed by atoms with van der Waals surface area (Å²) in [6.45, 7) is 0. The molecule has 0 atom stereocenters. The third kappa shape index (κ3) is 12.1. The molecule has 460 valence electrons. The highest BCUT2D eigenvalue weighted by Gasteiger charge is 2.20. The molecule has 0 aliphatic carbocycles. The van der Waals surface area contributed by atoms with Crippen LogP contribution in [-0.2, 0) is 0 Å². The fraction of sp³-hybridized carbons (Fsp3) is 0. The van der Waals surface area contributed by atoms with Crippen LogP contribution in [0.1, 0.15) is 0 Å².